The zero-order valence-electron chi connectivity index (χ0n) is 21.4. The molecule has 3 amide bonds. The summed E-state index contributed by atoms with van der Waals surface area (Å²) in [5, 5.41) is 5.74. The van der Waals surface area contributed by atoms with Gasteiger partial charge in [0.2, 0.25) is 11.8 Å². The minimum Gasteiger partial charge on any atom is -0.444 e. The first-order chi connectivity index (χ1) is 16.5. The van der Waals surface area contributed by atoms with Crippen LogP contribution in [0.2, 0.25) is 0 Å². The maximum atomic E-state index is 12.8. The average Bonchev–Trinajstić information content (AvgIpc) is 2.79. The molecule has 0 aliphatic rings. The molecule has 1 aromatic carbocycles. The lowest BCUT2D eigenvalue weighted by molar-refractivity contribution is -0.129. The number of hydrogen-bond acceptors (Lipinski definition) is 5. The van der Waals surface area contributed by atoms with E-state index in [1.165, 1.54) is 0 Å². The molecule has 0 saturated carbocycles. The summed E-state index contributed by atoms with van der Waals surface area (Å²) < 4.78 is 5.54. The first-order valence-corrected chi connectivity index (χ1v) is 12.0. The molecule has 0 fully saturated rings. The van der Waals surface area contributed by atoms with Crippen molar-refractivity contribution in [3.8, 4) is 0 Å². The van der Waals surface area contributed by atoms with E-state index in [0.717, 1.165) is 11.1 Å². The third-order valence-corrected chi connectivity index (χ3v) is 5.13. The lowest BCUT2D eigenvalue weighted by Crippen LogP contribution is -2.50. The second-order valence-electron chi connectivity index (χ2n) is 9.86. The minimum absolute atomic E-state index is 0.0708. The molecule has 1 atom stereocenters. The predicted octanol–water partition coefficient (Wildman–Crippen LogP) is 3.71. The minimum atomic E-state index is -0.636. The molecule has 2 aromatic rings. The van der Waals surface area contributed by atoms with E-state index < -0.39 is 17.7 Å². The van der Waals surface area contributed by atoms with Crippen molar-refractivity contribution < 1.29 is 19.1 Å². The first-order valence-electron chi connectivity index (χ1n) is 12.0. The van der Waals surface area contributed by atoms with Crippen LogP contribution in [-0.2, 0) is 27.3 Å². The molecule has 0 spiro atoms. The molecule has 8 heteroatoms. The Morgan fingerprint density at radius 2 is 1.71 bits per heavy atom. The highest BCUT2D eigenvalue weighted by Gasteiger charge is 2.25. The van der Waals surface area contributed by atoms with E-state index in [1.807, 2.05) is 77.1 Å². The van der Waals surface area contributed by atoms with Gasteiger partial charge in [0, 0.05) is 25.5 Å². The fourth-order valence-electron chi connectivity index (χ4n) is 3.41. The maximum Gasteiger partial charge on any atom is 0.410 e. The van der Waals surface area contributed by atoms with Crippen LogP contribution < -0.4 is 10.6 Å². The Labute approximate surface area is 208 Å². The lowest BCUT2D eigenvalue weighted by atomic mass is 10.0. The third-order valence-electron chi connectivity index (χ3n) is 5.13. The highest BCUT2D eigenvalue weighted by Crippen LogP contribution is 2.13. The number of aromatic nitrogens is 1. The summed E-state index contributed by atoms with van der Waals surface area (Å²) in [5.74, 6) is -0.506. The molecule has 1 aromatic heterocycles. The van der Waals surface area contributed by atoms with Gasteiger partial charge in [0.05, 0.1) is 13.0 Å². The molecule has 1 unspecified atom stereocenters. The highest BCUT2D eigenvalue weighted by atomic mass is 16.6. The molecule has 0 bridgehead atoms. The Morgan fingerprint density at radius 1 is 1.03 bits per heavy atom. The largest absolute Gasteiger partial charge is 0.444 e. The van der Waals surface area contributed by atoms with E-state index in [2.05, 4.69) is 15.6 Å². The monoisotopic (exact) mass is 482 g/mol. The number of amides is 3. The van der Waals surface area contributed by atoms with Gasteiger partial charge in [-0.3, -0.25) is 14.6 Å². The third kappa shape index (κ3) is 10.6. The van der Waals surface area contributed by atoms with Crippen LogP contribution in [-0.4, -0.2) is 52.5 Å². The van der Waals surface area contributed by atoms with Gasteiger partial charge in [-0.05, 0) is 50.3 Å². The summed E-state index contributed by atoms with van der Waals surface area (Å²) >= 11 is 0. The number of nitrogens with one attached hydrogen (secondary N) is 2. The van der Waals surface area contributed by atoms with Gasteiger partial charge in [0.25, 0.3) is 0 Å². The summed E-state index contributed by atoms with van der Waals surface area (Å²) in [6, 6.07) is 12.5. The molecule has 1 heterocycles. The van der Waals surface area contributed by atoms with Gasteiger partial charge in [0.15, 0.2) is 0 Å². The standard InChI is InChI=1S/C27H38N4O4/c1-20(2)24(30-23(32)17-21-11-7-6-8-12-21)25(33)29-15-10-16-31(26(34)35-27(3,4)5)19-22-13-9-14-28-18-22/h6-9,11-14,18,20,24H,10,15-17,19H2,1-5H3,(H,29,33)(H,30,32). The van der Waals surface area contributed by atoms with Gasteiger partial charge in [-0.15, -0.1) is 0 Å². The molecule has 2 N–H and O–H groups in total. The van der Waals surface area contributed by atoms with Gasteiger partial charge >= 0.3 is 6.09 Å². The van der Waals surface area contributed by atoms with E-state index in [4.69, 9.17) is 4.74 Å². The average molecular weight is 483 g/mol. The zero-order valence-corrected chi connectivity index (χ0v) is 21.4. The quantitative estimate of drug-likeness (QED) is 0.476. The van der Waals surface area contributed by atoms with Gasteiger partial charge in [0.1, 0.15) is 11.6 Å². The van der Waals surface area contributed by atoms with E-state index in [-0.39, 0.29) is 24.2 Å². The molecule has 0 aliphatic heterocycles. The van der Waals surface area contributed by atoms with Crippen molar-refractivity contribution in [3.05, 3.63) is 66.0 Å². The molecule has 2 rings (SSSR count). The highest BCUT2D eigenvalue weighted by molar-refractivity contribution is 5.88. The van der Waals surface area contributed by atoms with Crippen molar-refractivity contribution in [1.82, 2.24) is 20.5 Å². The summed E-state index contributed by atoms with van der Waals surface area (Å²) in [5.41, 5.74) is 1.17. The number of benzene rings is 1. The Hall–Kier alpha value is -3.42. The van der Waals surface area contributed by atoms with Crippen molar-refractivity contribution in [2.75, 3.05) is 13.1 Å². The number of carbonyl (C=O) groups is 3. The van der Waals surface area contributed by atoms with E-state index in [1.54, 1.807) is 17.3 Å². The summed E-state index contributed by atoms with van der Waals surface area (Å²) in [4.78, 5) is 43.7. The van der Waals surface area contributed by atoms with Gasteiger partial charge < -0.3 is 20.3 Å². The molecule has 8 nitrogen and oxygen atoms in total. The van der Waals surface area contributed by atoms with Crippen molar-refractivity contribution in [1.29, 1.82) is 0 Å². The Balaban J connectivity index is 1.89. The Bertz CT molecular complexity index is 943. The van der Waals surface area contributed by atoms with Crippen LogP contribution in [0.5, 0.6) is 0 Å². The normalized spacial score (nSPS) is 12.1. The van der Waals surface area contributed by atoms with Crippen molar-refractivity contribution in [3.63, 3.8) is 0 Å². The molecular formula is C27H38N4O4. The molecule has 190 valence electrons. The van der Waals surface area contributed by atoms with Crippen LogP contribution in [0.15, 0.2) is 54.9 Å². The van der Waals surface area contributed by atoms with Crippen molar-refractivity contribution in [2.24, 2.45) is 5.92 Å². The number of hydrogen-bond donors (Lipinski definition) is 2. The maximum absolute atomic E-state index is 12.8. The summed E-state index contributed by atoms with van der Waals surface area (Å²) in [7, 11) is 0. The molecule has 0 aliphatic carbocycles. The second-order valence-corrected chi connectivity index (χ2v) is 9.86. The summed E-state index contributed by atoms with van der Waals surface area (Å²) in [6.45, 7) is 10.4. The van der Waals surface area contributed by atoms with Crippen molar-refractivity contribution in [2.45, 2.75) is 65.6 Å². The summed E-state index contributed by atoms with van der Waals surface area (Å²) in [6.07, 6.45) is 3.73. The predicted molar refractivity (Wildman–Crippen MR) is 135 cm³/mol. The van der Waals surface area contributed by atoms with Gasteiger partial charge in [-0.2, -0.15) is 0 Å². The first kappa shape index (κ1) is 27.8. The van der Waals surface area contributed by atoms with E-state index >= 15 is 0 Å². The van der Waals surface area contributed by atoms with Gasteiger partial charge in [-0.25, -0.2) is 4.79 Å². The van der Waals surface area contributed by atoms with Crippen molar-refractivity contribution >= 4 is 17.9 Å². The van der Waals surface area contributed by atoms with E-state index in [0.29, 0.717) is 26.1 Å². The van der Waals surface area contributed by atoms with E-state index in [9.17, 15) is 14.4 Å². The molecule has 35 heavy (non-hydrogen) atoms. The SMILES string of the molecule is CC(C)C(NC(=O)Cc1ccccc1)C(=O)NCCCN(Cc1cccnc1)C(=O)OC(C)(C)C. The number of carbonyl (C=O) groups excluding carboxylic acids is 3. The van der Waals surface area contributed by atoms with Crippen LogP contribution in [0.3, 0.4) is 0 Å². The number of ether oxygens (including phenoxy) is 1. The number of pyridine rings is 1. The van der Waals surface area contributed by atoms with Crippen LogP contribution in [0.4, 0.5) is 4.79 Å². The fraction of sp³-hybridized carbons (Fsp3) is 0.481. The van der Waals surface area contributed by atoms with Crippen LogP contribution in [0, 0.1) is 5.92 Å². The smallest absolute Gasteiger partial charge is 0.410 e. The van der Waals surface area contributed by atoms with Crippen LogP contribution in [0.25, 0.3) is 0 Å². The second kappa shape index (κ2) is 13.5. The van der Waals surface area contributed by atoms with Crippen LogP contribution >= 0.6 is 0 Å². The fourth-order valence-corrected chi connectivity index (χ4v) is 3.41. The Kier molecular flexibility index (Phi) is 10.7. The Morgan fingerprint density at radius 3 is 2.31 bits per heavy atom. The van der Waals surface area contributed by atoms with Crippen LogP contribution in [0.1, 0.15) is 52.2 Å². The number of nitrogens with zero attached hydrogens (tertiary/aromatic N) is 2. The number of rotatable bonds is 11. The molecule has 0 radical (unpaired) electrons. The molecule has 0 saturated heterocycles. The van der Waals surface area contributed by atoms with Gasteiger partial charge in [-0.1, -0.05) is 50.2 Å². The lowest BCUT2D eigenvalue weighted by Gasteiger charge is -2.27. The molecular weight excluding hydrogens is 444 g/mol. The topological polar surface area (TPSA) is 101 Å². The zero-order chi connectivity index (χ0) is 25.8.